The smallest absolute Gasteiger partial charge is 0.135 e. The van der Waals surface area contributed by atoms with Crippen molar-refractivity contribution < 1.29 is 4.42 Å². The van der Waals surface area contributed by atoms with Gasteiger partial charge < -0.3 is 4.42 Å². The third kappa shape index (κ3) is 1.83. The van der Waals surface area contributed by atoms with Crippen LogP contribution in [0.3, 0.4) is 0 Å². The maximum Gasteiger partial charge on any atom is 0.135 e. The van der Waals surface area contributed by atoms with Crippen molar-refractivity contribution in [2.75, 3.05) is 13.1 Å². The van der Waals surface area contributed by atoms with Crippen LogP contribution >= 0.6 is 11.6 Å². The van der Waals surface area contributed by atoms with Gasteiger partial charge in [0, 0.05) is 5.39 Å². The first kappa shape index (κ1) is 10.2. The van der Waals surface area contributed by atoms with Gasteiger partial charge in [-0.15, -0.1) is 0 Å². The van der Waals surface area contributed by atoms with E-state index in [1.807, 2.05) is 18.2 Å². The summed E-state index contributed by atoms with van der Waals surface area (Å²) in [7, 11) is 0. The second kappa shape index (κ2) is 4.11. The normalized spacial score (nSPS) is 17.3. The van der Waals surface area contributed by atoms with E-state index in [4.69, 9.17) is 16.0 Å². The first-order valence-corrected chi connectivity index (χ1v) is 6.10. The molecular formula is C13H14ClNO. The number of hydrogen-bond acceptors (Lipinski definition) is 2. The molecule has 1 aromatic carbocycles. The van der Waals surface area contributed by atoms with Gasteiger partial charge in [0.25, 0.3) is 0 Å². The van der Waals surface area contributed by atoms with E-state index in [2.05, 4.69) is 11.0 Å². The SMILES string of the molecule is Clc1cccc2oc(CN3CCCC3)cc12. The summed E-state index contributed by atoms with van der Waals surface area (Å²) in [5.41, 5.74) is 0.890. The van der Waals surface area contributed by atoms with Crippen LogP contribution in [0.2, 0.25) is 5.02 Å². The molecule has 3 rings (SSSR count). The lowest BCUT2D eigenvalue weighted by Crippen LogP contribution is -2.17. The average molecular weight is 236 g/mol. The van der Waals surface area contributed by atoms with Gasteiger partial charge in [-0.1, -0.05) is 17.7 Å². The molecule has 0 unspecified atom stereocenters. The Labute approximate surface area is 99.8 Å². The molecule has 1 aliphatic heterocycles. The highest BCUT2D eigenvalue weighted by Gasteiger charge is 2.14. The summed E-state index contributed by atoms with van der Waals surface area (Å²) in [5.74, 6) is 1.02. The van der Waals surface area contributed by atoms with Crippen molar-refractivity contribution in [3.05, 3.63) is 35.0 Å². The minimum Gasteiger partial charge on any atom is -0.460 e. The van der Waals surface area contributed by atoms with Crippen LogP contribution in [0.25, 0.3) is 11.0 Å². The average Bonchev–Trinajstić information content (AvgIpc) is 2.88. The standard InChI is InChI=1S/C13H14ClNO/c14-12-4-3-5-13-11(12)8-10(16-13)9-15-6-1-2-7-15/h3-5,8H,1-2,6-7,9H2. The molecule has 2 heterocycles. The van der Waals surface area contributed by atoms with Crippen molar-refractivity contribution >= 4 is 22.6 Å². The van der Waals surface area contributed by atoms with Crippen molar-refractivity contribution in [1.29, 1.82) is 0 Å². The quantitative estimate of drug-likeness (QED) is 0.790. The number of fused-ring (bicyclic) bond motifs is 1. The molecule has 0 saturated carbocycles. The lowest BCUT2D eigenvalue weighted by molar-refractivity contribution is 0.302. The Morgan fingerprint density at radius 1 is 1.25 bits per heavy atom. The fourth-order valence-corrected chi connectivity index (χ4v) is 2.54. The molecule has 2 aromatic rings. The number of benzene rings is 1. The van der Waals surface area contributed by atoms with E-state index in [0.717, 1.165) is 28.3 Å². The molecule has 0 spiro atoms. The van der Waals surface area contributed by atoms with Crippen LogP contribution in [0.4, 0.5) is 0 Å². The molecule has 0 aliphatic carbocycles. The minimum absolute atomic E-state index is 0.772. The van der Waals surface area contributed by atoms with Gasteiger partial charge in [-0.25, -0.2) is 0 Å². The predicted molar refractivity (Wildman–Crippen MR) is 65.7 cm³/mol. The van der Waals surface area contributed by atoms with Crippen molar-refractivity contribution in [2.24, 2.45) is 0 Å². The number of furan rings is 1. The van der Waals surface area contributed by atoms with Gasteiger partial charge in [-0.3, -0.25) is 4.90 Å². The summed E-state index contributed by atoms with van der Waals surface area (Å²) in [4.78, 5) is 2.42. The molecule has 0 N–H and O–H groups in total. The van der Waals surface area contributed by atoms with E-state index in [9.17, 15) is 0 Å². The molecule has 2 nitrogen and oxygen atoms in total. The van der Waals surface area contributed by atoms with Gasteiger partial charge in [0.2, 0.25) is 0 Å². The van der Waals surface area contributed by atoms with Crippen LogP contribution in [0.1, 0.15) is 18.6 Å². The van der Waals surface area contributed by atoms with Crippen LogP contribution in [-0.2, 0) is 6.54 Å². The van der Waals surface area contributed by atoms with Crippen molar-refractivity contribution in [1.82, 2.24) is 4.90 Å². The zero-order chi connectivity index (χ0) is 11.0. The van der Waals surface area contributed by atoms with Gasteiger partial charge in [0.15, 0.2) is 0 Å². The van der Waals surface area contributed by atoms with Gasteiger partial charge in [0.1, 0.15) is 11.3 Å². The Morgan fingerprint density at radius 3 is 2.81 bits per heavy atom. The zero-order valence-electron chi connectivity index (χ0n) is 9.08. The van der Waals surface area contributed by atoms with Gasteiger partial charge in [-0.2, -0.15) is 0 Å². The maximum atomic E-state index is 6.11. The second-order valence-corrected chi connectivity index (χ2v) is 4.75. The van der Waals surface area contributed by atoms with E-state index >= 15 is 0 Å². The first-order valence-electron chi connectivity index (χ1n) is 5.72. The number of nitrogens with zero attached hydrogens (tertiary/aromatic N) is 1. The number of likely N-dealkylation sites (tertiary alicyclic amines) is 1. The van der Waals surface area contributed by atoms with Crippen molar-refractivity contribution in [3.8, 4) is 0 Å². The van der Waals surface area contributed by atoms with E-state index < -0.39 is 0 Å². The van der Waals surface area contributed by atoms with Crippen molar-refractivity contribution in [3.63, 3.8) is 0 Å². The van der Waals surface area contributed by atoms with Gasteiger partial charge in [-0.05, 0) is 44.1 Å². The Balaban J connectivity index is 1.90. The van der Waals surface area contributed by atoms with Crippen LogP contribution in [0.5, 0.6) is 0 Å². The fraction of sp³-hybridized carbons (Fsp3) is 0.385. The molecule has 84 valence electrons. The lowest BCUT2D eigenvalue weighted by Gasteiger charge is -2.11. The van der Waals surface area contributed by atoms with E-state index in [1.165, 1.54) is 25.9 Å². The van der Waals surface area contributed by atoms with Crippen LogP contribution in [-0.4, -0.2) is 18.0 Å². The Bertz CT molecular complexity index is 500. The van der Waals surface area contributed by atoms with Crippen molar-refractivity contribution in [2.45, 2.75) is 19.4 Å². The fourth-order valence-electron chi connectivity index (χ4n) is 2.32. The number of halogens is 1. The molecule has 3 heteroatoms. The molecule has 1 aliphatic rings. The van der Waals surface area contributed by atoms with Crippen LogP contribution in [0.15, 0.2) is 28.7 Å². The summed E-state index contributed by atoms with van der Waals surface area (Å²) in [6, 6.07) is 7.86. The van der Waals surface area contributed by atoms with Crippen LogP contribution in [0, 0.1) is 0 Å². The molecule has 0 radical (unpaired) electrons. The van der Waals surface area contributed by atoms with Gasteiger partial charge in [0.05, 0.1) is 11.6 Å². The number of rotatable bonds is 2. The molecule has 0 bridgehead atoms. The summed E-state index contributed by atoms with van der Waals surface area (Å²) >= 11 is 6.11. The third-order valence-electron chi connectivity index (χ3n) is 3.14. The molecular weight excluding hydrogens is 222 g/mol. The predicted octanol–water partition coefficient (Wildman–Crippen LogP) is 3.68. The summed E-state index contributed by atoms with van der Waals surface area (Å²) in [6.07, 6.45) is 2.61. The number of hydrogen-bond donors (Lipinski definition) is 0. The summed E-state index contributed by atoms with van der Waals surface area (Å²) in [6.45, 7) is 3.28. The monoisotopic (exact) mass is 235 g/mol. The lowest BCUT2D eigenvalue weighted by atomic mass is 10.2. The highest BCUT2D eigenvalue weighted by Crippen LogP contribution is 2.27. The molecule has 16 heavy (non-hydrogen) atoms. The molecule has 1 aromatic heterocycles. The van der Waals surface area contributed by atoms with E-state index in [0.29, 0.717) is 0 Å². The Morgan fingerprint density at radius 2 is 2.06 bits per heavy atom. The topological polar surface area (TPSA) is 16.4 Å². The Kier molecular flexibility index (Phi) is 2.62. The van der Waals surface area contributed by atoms with E-state index in [-0.39, 0.29) is 0 Å². The van der Waals surface area contributed by atoms with Gasteiger partial charge >= 0.3 is 0 Å². The second-order valence-electron chi connectivity index (χ2n) is 4.35. The summed E-state index contributed by atoms with van der Waals surface area (Å²) in [5, 5.41) is 1.80. The maximum absolute atomic E-state index is 6.11. The molecule has 0 amide bonds. The third-order valence-corrected chi connectivity index (χ3v) is 3.47. The minimum atomic E-state index is 0.772. The van der Waals surface area contributed by atoms with Crippen LogP contribution < -0.4 is 0 Å². The largest absolute Gasteiger partial charge is 0.460 e. The summed E-state index contributed by atoms with van der Waals surface area (Å²) < 4.78 is 5.78. The molecule has 1 fully saturated rings. The molecule has 1 saturated heterocycles. The van der Waals surface area contributed by atoms with E-state index in [1.54, 1.807) is 0 Å². The highest BCUT2D eigenvalue weighted by atomic mass is 35.5. The molecule has 0 atom stereocenters. The first-order chi connectivity index (χ1) is 7.83. The highest BCUT2D eigenvalue weighted by molar-refractivity contribution is 6.35. The zero-order valence-corrected chi connectivity index (χ0v) is 9.83. The Hall–Kier alpha value is -0.990.